The van der Waals surface area contributed by atoms with Crippen LogP contribution in [0.4, 0.5) is 11.8 Å². The van der Waals surface area contributed by atoms with Gasteiger partial charge in [-0.25, -0.2) is 18.4 Å². The Bertz CT molecular complexity index is 1400. The maximum Gasteiger partial charge on any atom is 0.215 e. The first-order chi connectivity index (χ1) is 16.0. The fourth-order valence-electron chi connectivity index (χ4n) is 3.69. The third kappa shape index (κ3) is 4.49. The molecular formula is C23H26N6O3S. The quantitative estimate of drug-likeness (QED) is 0.382. The highest BCUT2D eigenvalue weighted by molar-refractivity contribution is 7.91. The van der Waals surface area contributed by atoms with E-state index < -0.39 is 9.84 Å². The van der Waals surface area contributed by atoms with Gasteiger partial charge in [0.25, 0.3) is 0 Å². The van der Waals surface area contributed by atoms with Crippen molar-refractivity contribution >= 4 is 27.3 Å². The van der Waals surface area contributed by atoms with E-state index in [1.54, 1.807) is 25.1 Å². The zero-order valence-corrected chi connectivity index (χ0v) is 19.4. The van der Waals surface area contributed by atoms with Crippen LogP contribution in [-0.4, -0.2) is 45.3 Å². The lowest BCUT2D eigenvalue weighted by molar-refractivity contribution is 0.131. The van der Waals surface area contributed by atoms with Gasteiger partial charge in [-0.2, -0.15) is 5.10 Å². The van der Waals surface area contributed by atoms with E-state index in [-0.39, 0.29) is 10.6 Å². The summed E-state index contributed by atoms with van der Waals surface area (Å²) in [5.74, 6) is 1.81. The maximum absolute atomic E-state index is 12.4. The number of hydrogen-bond donors (Lipinski definition) is 2. The van der Waals surface area contributed by atoms with Gasteiger partial charge in [0.2, 0.25) is 5.95 Å². The van der Waals surface area contributed by atoms with Gasteiger partial charge in [0.05, 0.1) is 28.6 Å². The van der Waals surface area contributed by atoms with Crippen LogP contribution in [-0.2, 0) is 21.2 Å². The van der Waals surface area contributed by atoms with E-state index in [2.05, 4.69) is 20.5 Å². The molecular weight excluding hydrogens is 440 g/mol. The van der Waals surface area contributed by atoms with Gasteiger partial charge in [-0.3, -0.25) is 9.50 Å². The minimum atomic E-state index is -3.33. The van der Waals surface area contributed by atoms with Crippen molar-refractivity contribution < 1.29 is 13.2 Å². The Balaban J connectivity index is 1.58. The van der Waals surface area contributed by atoms with Crippen molar-refractivity contribution in [3.05, 3.63) is 54.0 Å². The first kappa shape index (κ1) is 21.6. The van der Waals surface area contributed by atoms with Crippen LogP contribution in [0.5, 0.6) is 0 Å². The number of anilines is 2. The molecule has 1 aromatic carbocycles. The number of hydrogen-bond acceptors (Lipinski definition) is 7. The normalized spacial score (nSPS) is 14.1. The molecule has 0 spiro atoms. The molecule has 0 atom stereocenters. The number of fused-ring (bicyclic) bond motifs is 1. The van der Waals surface area contributed by atoms with Gasteiger partial charge in [-0.15, -0.1) is 0 Å². The van der Waals surface area contributed by atoms with E-state index in [0.717, 1.165) is 11.4 Å². The van der Waals surface area contributed by atoms with Gasteiger partial charge in [0.15, 0.2) is 15.7 Å². The minimum Gasteiger partial charge on any atom is -0.375 e. The summed E-state index contributed by atoms with van der Waals surface area (Å²) < 4.78 is 32.2. The number of aromatic amines is 1. The number of benzene rings is 1. The lowest BCUT2D eigenvalue weighted by Gasteiger charge is -2.10. The monoisotopic (exact) mass is 466 g/mol. The summed E-state index contributed by atoms with van der Waals surface area (Å²) in [6.07, 6.45) is 4.24. The molecule has 33 heavy (non-hydrogen) atoms. The van der Waals surface area contributed by atoms with Crippen LogP contribution in [0, 0.1) is 0 Å². The molecule has 1 fully saturated rings. The Morgan fingerprint density at radius 2 is 2.03 bits per heavy atom. The summed E-state index contributed by atoms with van der Waals surface area (Å²) in [4.78, 5) is 9.76. The van der Waals surface area contributed by atoms with E-state index in [9.17, 15) is 8.42 Å². The highest BCUT2D eigenvalue weighted by atomic mass is 32.2. The molecule has 4 aromatic rings. The molecule has 0 amide bonds. The number of nitrogens with zero attached hydrogens (tertiary/aromatic N) is 4. The minimum absolute atomic E-state index is 0.0409. The van der Waals surface area contributed by atoms with Gasteiger partial charge >= 0.3 is 0 Å². The molecule has 1 aliphatic carbocycles. The number of nitrogens with one attached hydrogen (secondary N) is 2. The Kier molecular flexibility index (Phi) is 5.63. The highest BCUT2D eigenvalue weighted by Crippen LogP contribution is 2.39. The van der Waals surface area contributed by atoms with E-state index in [1.165, 1.54) is 12.8 Å². The fraction of sp³-hybridized carbons (Fsp3) is 0.348. The lowest BCUT2D eigenvalue weighted by Crippen LogP contribution is -2.05. The lowest BCUT2D eigenvalue weighted by atomic mass is 10.1. The van der Waals surface area contributed by atoms with Gasteiger partial charge < -0.3 is 10.1 Å². The van der Waals surface area contributed by atoms with Crippen molar-refractivity contribution in [3.63, 3.8) is 0 Å². The van der Waals surface area contributed by atoms with Crippen molar-refractivity contribution in [3.8, 4) is 11.3 Å². The number of H-pyrrole nitrogens is 1. The number of sulfone groups is 1. The largest absolute Gasteiger partial charge is 0.375 e. The van der Waals surface area contributed by atoms with Crippen molar-refractivity contribution in [1.82, 2.24) is 24.6 Å². The predicted octanol–water partition coefficient (Wildman–Crippen LogP) is 4.07. The van der Waals surface area contributed by atoms with Crippen LogP contribution in [0.3, 0.4) is 0 Å². The zero-order valence-electron chi connectivity index (χ0n) is 18.6. The first-order valence-corrected chi connectivity index (χ1v) is 12.7. The summed E-state index contributed by atoms with van der Waals surface area (Å²) in [6, 6.07) is 10.7. The third-order valence-electron chi connectivity index (χ3n) is 5.68. The van der Waals surface area contributed by atoms with Crippen LogP contribution in [0.25, 0.3) is 16.9 Å². The molecule has 0 unspecified atom stereocenters. The van der Waals surface area contributed by atoms with Gasteiger partial charge in [0.1, 0.15) is 5.65 Å². The average Bonchev–Trinajstić information content (AvgIpc) is 3.42. The SMILES string of the molecule is CCOCc1cn2c(Nc3cc(C4CC4)[nH]n3)nc(-c3cccc(S(=O)(=O)CC)c3)cc2n1. The zero-order chi connectivity index (χ0) is 23.0. The van der Waals surface area contributed by atoms with E-state index in [4.69, 9.17) is 9.72 Å². The second-order valence-electron chi connectivity index (χ2n) is 8.10. The smallest absolute Gasteiger partial charge is 0.215 e. The van der Waals surface area contributed by atoms with Crippen LogP contribution < -0.4 is 5.32 Å². The summed E-state index contributed by atoms with van der Waals surface area (Å²) in [5, 5.41) is 10.8. The first-order valence-electron chi connectivity index (χ1n) is 11.1. The summed E-state index contributed by atoms with van der Waals surface area (Å²) in [6.45, 7) is 4.57. The van der Waals surface area contributed by atoms with Crippen molar-refractivity contribution in [2.45, 2.75) is 44.1 Å². The van der Waals surface area contributed by atoms with Gasteiger partial charge in [0, 0.05) is 42.1 Å². The fourth-order valence-corrected chi connectivity index (χ4v) is 4.61. The van der Waals surface area contributed by atoms with Gasteiger partial charge in [-0.1, -0.05) is 19.1 Å². The molecule has 0 bridgehead atoms. The summed E-state index contributed by atoms with van der Waals surface area (Å²) >= 11 is 0. The second kappa shape index (κ2) is 8.60. The van der Waals surface area contributed by atoms with Crippen molar-refractivity contribution in [2.24, 2.45) is 0 Å². The molecule has 172 valence electrons. The molecule has 0 radical (unpaired) electrons. The average molecular weight is 467 g/mol. The molecule has 2 N–H and O–H groups in total. The molecule has 3 aromatic heterocycles. The van der Waals surface area contributed by atoms with E-state index in [0.29, 0.717) is 47.8 Å². The summed E-state index contributed by atoms with van der Waals surface area (Å²) in [5.41, 5.74) is 3.89. The van der Waals surface area contributed by atoms with Crippen LogP contribution in [0.1, 0.15) is 44.0 Å². The Morgan fingerprint density at radius 1 is 1.18 bits per heavy atom. The van der Waals surface area contributed by atoms with E-state index >= 15 is 0 Å². The molecule has 1 saturated carbocycles. The van der Waals surface area contributed by atoms with E-state index in [1.807, 2.05) is 35.7 Å². The van der Waals surface area contributed by atoms with Crippen molar-refractivity contribution in [2.75, 3.05) is 17.7 Å². The molecule has 0 saturated heterocycles. The molecule has 5 rings (SSSR count). The molecule has 0 aliphatic heterocycles. The molecule has 3 heterocycles. The molecule has 10 heteroatoms. The van der Waals surface area contributed by atoms with Crippen LogP contribution in [0.15, 0.2) is 47.5 Å². The number of ether oxygens (including phenoxy) is 1. The van der Waals surface area contributed by atoms with Crippen LogP contribution >= 0.6 is 0 Å². The third-order valence-corrected chi connectivity index (χ3v) is 7.41. The second-order valence-corrected chi connectivity index (χ2v) is 10.4. The maximum atomic E-state index is 12.4. The Morgan fingerprint density at radius 3 is 2.79 bits per heavy atom. The number of aromatic nitrogens is 5. The Hall–Kier alpha value is -3.24. The Labute approximate surface area is 192 Å². The van der Waals surface area contributed by atoms with Crippen molar-refractivity contribution in [1.29, 1.82) is 0 Å². The standard InChI is InChI=1S/C23H26N6O3S/c1-3-32-14-17-13-29-22(24-17)12-19(16-6-5-7-18(10-16)33(30,31)4-2)25-23(29)26-21-11-20(27-28-21)15-8-9-15/h5-7,10-13,15H,3-4,8-9,14H2,1-2H3,(H2,25,26,27,28). The molecule has 1 aliphatic rings. The van der Waals surface area contributed by atoms with Crippen LogP contribution in [0.2, 0.25) is 0 Å². The highest BCUT2D eigenvalue weighted by Gasteiger charge is 2.25. The topological polar surface area (TPSA) is 114 Å². The summed E-state index contributed by atoms with van der Waals surface area (Å²) in [7, 11) is -3.33. The van der Waals surface area contributed by atoms with Gasteiger partial charge in [-0.05, 0) is 31.9 Å². The number of rotatable bonds is 9. The molecule has 9 nitrogen and oxygen atoms in total. The predicted molar refractivity (Wildman–Crippen MR) is 125 cm³/mol. The number of imidazole rings is 1.